The first-order chi connectivity index (χ1) is 13.3. The van der Waals surface area contributed by atoms with Crippen molar-refractivity contribution in [3.63, 3.8) is 0 Å². The van der Waals surface area contributed by atoms with Gasteiger partial charge in [-0.25, -0.2) is 13.6 Å². The lowest BCUT2D eigenvalue weighted by molar-refractivity contribution is 0.0695. The zero-order chi connectivity index (χ0) is 20.6. The molecule has 1 N–H and O–H groups in total. The molecular formula is C21H16ClF2NO3. The molecule has 0 radical (unpaired) electrons. The summed E-state index contributed by atoms with van der Waals surface area (Å²) in [7, 11) is 0. The molecule has 0 saturated carbocycles. The normalized spacial score (nSPS) is 10.9. The molecule has 144 valence electrons. The van der Waals surface area contributed by atoms with Crippen LogP contribution in [0.5, 0.6) is 0 Å². The highest BCUT2D eigenvalue weighted by Gasteiger charge is 2.26. The van der Waals surface area contributed by atoms with Gasteiger partial charge in [-0.05, 0) is 43.7 Å². The molecule has 7 heteroatoms. The summed E-state index contributed by atoms with van der Waals surface area (Å²) in [5.74, 6) is -3.15. The minimum Gasteiger partial charge on any atom is -0.477 e. The van der Waals surface area contributed by atoms with Crippen LogP contribution < -0.4 is 5.43 Å². The lowest BCUT2D eigenvalue weighted by Gasteiger charge is -2.21. The summed E-state index contributed by atoms with van der Waals surface area (Å²) >= 11 is 5.92. The standard InChI is InChI=1S/C21H16ClF2NO3/c1-3-25-11(2)17(15-9-8-14(23)10-16(15)24)20(26)18(21(27)28)19(25)12-4-6-13(22)7-5-12/h4-10H,3H2,1-2H3,(H,27,28). The Hall–Kier alpha value is -2.99. The van der Waals surface area contributed by atoms with E-state index in [1.165, 1.54) is 0 Å². The Morgan fingerprint density at radius 1 is 1.14 bits per heavy atom. The number of hydrogen-bond acceptors (Lipinski definition) is 2. The van der Waals surface area contributed by atoms with Crippen LogP contribution in [-0.4, -0.2) is 15.6 Å². The van der Waals surface area contributed by atoms with E-state index in [0.717, 1.165) is 12.1 Å². The van der Waals surface area contributed by atoms with E-state index >= 15 is 0 Å². The number of aromatic nitrogens is 1. The van der Waals surface area contributed by atoms with Crippen LogP contribution in [-0.2, 0) is 6.54 Å². The topological polar surface area (TPSA) is 59.3 Å². The number of carboxylic acids is 1. The molecule has 0 fully saturated rings. The van der Waals surface area contributed by atoms with Crippen LogP contribution in [0.3, 0.4) is 0 Å². The maximum absolute atomic E-state index is 14.4. The molecule has 3 rings (SSSR count). The second kappa shape index (κ2) is 7.56. The highest BCUT2D eigenvalue weighted by Crippen LogP contribution is 2.31. The van der Waals surface area contributed by atoms with E-state index < -0.39 is 28.6 Å². The fraction of sp³-hybridized carbons (Fsp3) is 0.143. The van der Waals surface area contributed by atoms with Crippen LogP contribution in [0.25, 0.3) is 22.4 Å². The van der Waals surface area contributed by atoms with Gasteiger partial charge in [0.2, 0.25) is 5.43 Å². The second-order valence-corrected chi connectivity index (χ2v) is 6.63. The Morgan fingerprint density at radius 2 is 1.79 bits per heavy atom. The van der Waals surface area contributed by atoms with Crippen LogP contribution in [0.1, 0.15) is 23.0 Å². The van der Waals surface area contributed by atoms with Gasteiger partial charge in [-0.3, -0.25) is 4.79 Å². The predicted octanol–water partition coefficient (Wildman–Crippen LogP) is 5.14. The van der Waals surface area contributed by atoms with Gasteiger partial charge >= 0.3 is 5.97 Å². The van der Waals surface area contributed by atoms with Crippen molar-refractivity contribution in [3.8, 4) is 22.4 Å². The van der Waals surface area contributed by atoms with Gasteiger partial charge in [-0.1, -0.05) is 23.7 Å². The van der Waals surface area contributed by atoms with Gasteiger partial charge in [0.25, 0.3) is 0 Å². The molecule has 28 heavy (non-hydrogen) atoms. The SMILES string of the molecule is CCn1c(C)c(-c2ccc(F)cc2F)c(=O)c(C(=O)O)c1-c1ccc(Cl)cc1. The minimum absolute atomic E-state index is 0.102. The molecule has 3 aromatic rings. The molecule has 0 atom stereocenters. The number of benzene rings is 2. The summed E-state index contributed by atoms with van der Waals surface area (Å²) < 4.78 is 29.3. The van der Waals surface area contributed by atoms with E-state index in [1.54, 1.807) is 42.7 Å². The van der Waals surface area contributed by atoms with Crippen LogP contribution in [0.15, 0.2) is 47.3 Å². The van der Waals surface area contributed by atoms with Crippen LogP contribution in [0.2, 0.25) is 5.02 Å². The van der Waals surface area contributed by atoms with Crippen molar-refractivity contribution in [1.82, 2.24) is 4.57 Å². The van der Waals surface area contributed by atoms with Gasteiger partial charge in [0, 0.05) is 28.9 Å². The number of hydrogen-bond donors (Lipinski definition) is 1. The van der Waals surface area contributed by atoms with E-state index in [1.807, 2.05) is 0 Å². The van der Waals surface area contributed by atoms with Crippen molar-refractivity contribution < 1.29 is 18.7 Å². The van der Waals surface area contributed by atoms with Gasteiger partial charge in [-0.15, -0.1) is 0 Å². The first-order valence-corrected chi connectivity index (χ1v) is 8.86. The number of pyridine rings is 1. The smallest absolute Gasteiger partial charge is 0.341 e. The first-order valence-electron chi connectivity index (χ1n) is 8.48. The van der Waals surface area contributed by atoms with Crippen LogP contribution >= 0.6 is 11.6 Å². The molecule has 1 heterocycles. The van der Waals surface area contributed by atoms with Crippen molar-refractivity contribution in [2.75, 3.05) is 0 Å². The third kappa shape index (κ3) is 3.31. The van der Waals surface area contributed by atoms with E-state index in [9.17, 15) is 23.5 Å². The molecule has 0 saturated heterocycles. The Kier molecular flexibility index (Phi) is 5.34. The third-order valence-corrected chi connectivity index (χ3v) is 4.83. The summed E-state index contributed by atoms with van der Waals surface area (Å²) in [5, 5.41) is 10.2. The number of aromatic carboxylic acids is 1. The minimum atomic E-state index is -1.43. The average Bonchev–Trinajstić information content (AvgIpc) is 2.63. The van der Waals surface area contributed by atoms with Gasteiger partial charge in [0.1, 0.15) is 17.2 Å². The van der Waals surface area contributed by atoms with E-state index in [-0.39, 0.29) is 16.8 Å². The van der Waals surface area contributed by atoms with Crippen LogP contribution in [0.4, 0.5) is 8.78 Å². The van der Waals surface area contributed by atoms with Gasteiger partial charge in [0.05, 0.1) is 11.3 Å². The highest BCUT2D eigenvalue weighted by atomic mass is 35.5. The number of carbonyl (C=O) groups is 1. The molecule has 0 bridgehead atoms. The Labute approximate surface area is 164 Å². The van der Waals surface area contributed by atoms with E-state index in [0.29, 0.717) is 28.9 Å². The molecule has 0 spiro atoms. The zero-order valence-corrected chi connectivity index (χ0v) is 15.8. The molecule has 1 aromatic heterocycles. The van der Waals surface area contributed by atoms with Crippen molar-refractivity contribution in [2.24, 2.45) is 0 Å². The van der Waals surface area contributed by atoms with E-state index in [2.05, 4.69) is 0 Å². The molecule has 2 aromatic carbocycles. The summed E-state index contributed by atoms with van der Waals surface area (Å²) in [6.45, 7) is 3.72. The fourth-order valence-corrected chi connectivity index (χ4v) is 3.47. The molecule has 0 aliphatic rings. The lowest BCUT2D eigenvalue weighted by Crippen LogP contribution is -2.25. The first kappa shape index (κ1) is 19.8. The quantitative estimate of drug-likeness (QED) is 0.656. The molecule has 0 amide bonds. The van der Waals surface area contributed by atoms with Crippen molar-refractivity contribution in [2.45, 2.75) is 20.4 Å². The number of carboxylic acid groups (broad SMARTS) is 1. The highest BCUT2D eigenvalue weighted by molar-refractivity contribution is 6.30. The lowest BCUT2D eigenvalue weighted by atomic mass is 9.96. The largest absolute Gasteiger partial charge is 0.477 e. The van der Waals surface area contributed by atoms with Gasteiger partial charge < -0.3 is 9.67 Å². The summed E-state index contributed by atoms with van der Waals surface area (Å²) in [6, 6.07) is 9.26. The summed E-state index contributed by atoms with van der Waals surface area (Å²) in [5.41, 5.74) is -0.465. The maximum atomic E-state index is 14.4. The van der Waals surface area contributed by atoms with Crippen LogP contribution in [0, 0.1) is 18.6 Å². The van der Waals surface area contributed by atoms with Gasteiger partial charge in [-0.2, -0.15) is 0 Å². The number of nitrogens with zero attached hydrogens (tertiary/aromatic N) is 1. The number of halogens is 3. The molecule has 0 aliphatic heterocycles. The van der Waals surface area contributed by atoms with Crippen molar-refractivity contribution in [1.29, 1.82) is 0 Å². The Balaban J connectivity index is 2.46. The maximum Gasteiger partial charge on any atom is 0.341 e. The summed E-state index contributed by atoms with van der Waals surface area (Å²) in [4.78, 5) is 25.1. The molecular weight excluding hydrogens is 388 g/mol. The fourth-order valence-electron chi connectivity index (χ4n) is 3.35. The predicted molar refractivity (Wildman–Crippen MR) is 104 cm³/mol. The Morgan fingerprint density at radius 3 is 2.32 bits per heavy atom. The summed E-state index contributed by atoms with van der Waals surface area (Å²) in [6.07, 6.45) is 0. The Bertz CT molecular complexity index is 1140. The van der Waals surface area contributed by atoms with Gasteiger partial charge in [0.15, 0.2) is 0 Å². The third-order valence-electron chi connectivity index (χ3n) is 4.58. The van der Waals surface area contributed by atoms with Crippen molar-refractivity contribution >= 4 is 17.6 Å². The van der Waals surface area contributed by atoms with E-state index in [4.69, 9.17) is 11.6 Å². The molecule has 4 nitrogen and oxygen atoms in total. The molecule has 0 unspecified atom stereocenters. The monoisotopic (exact) mass is 403 g/mol. The molecule has 0 aliphatic carbocycles. The average molecular weight is 404 g/mol. The number of rotatable bonds is 4. The zero-order valence-electron chi connectivity index (χ0n) is 15.1. The second-order valence-electron chi connectivity index (χ2n) is 6.19. The van der Waals surface area contributed by atoms with Crippen molar-refractivity contribution in [3.05, 3.63) is 80.6 Å².